The molecule has 20 heavy (non-hydrogen) atoms. The summed E-state index contributed by atoms with van der Waals surface area (Å²) in [5.41, 5.74) is 5.93. The Balaban J connectivity index is 2.12. The van der Waals surface area contributed by atoms with E-state index in [-0.39, 0.29) is 18.4 Å². The fourth-order valence-corrected chi connectivity index (χ4v) is 3.20. The first-order valence-electron chi connectivity index (χ1n) is 8.23. The summed E-state index contributed by atoms with van der Waals surface area (Å²) in [5.74, 6) is -1.12. The quantitative estimate of drug-likeness (QED) is 0.581. The zero-order valence-corrected chi connectivity index (χ0v) is 12.8. The predicted molar refractivity (Wildman–Crippen MR) is 77.5 cm³/mol. The van der Waals surface area contributed by atoms with Crippen LogP contribution in [0.4, 0.5) is 13.2 Å². The fourth-order valence-electron chi connectivity index (χ4n) is 3.20. The Hall–Kier alpha value is -0.250. The lowest BCUT2D eigenvalue weighted by Crippen LogP contribution is -2.45. The third-order valence-electron chi connectivity index (χ3n) is 4.72. The second-order valence-corrected chi connectivity index (χ2v) is 6.55. The van der Waals surface area contributed by atoms with Gasteiger partial charge in [0, 0.05) is 5.54 Å². The minimum absolute atomic E-state index is 0.219. The van der Waals surface area contributed by atoms with Gasteiger partial charge in [-0.3, -0.25) is 0 Å². The summed E-state index contributed by atoms with van der Waals surface area (Å²) in [7, 11) is 0. The SMILES string of the molecule is CCCCCCCCCC1(N)CCC(C(F)(F)F)CC1. The van der Waals surface area contributed by atoms with Crippen molar-refractivity contribution in [3.05, 3.63) is 0 Å². The Morgan fingerprint density at radius 3 is 1.95 bits per heavy atom. The number of alkyl halides is 3. The molecule has 0 atom stereocenters. The van der Waals surface area contributed by atoms with Crippen molar-refractivity contribution in [2.24, 2.45) is 11.7 Å². The first kappa shape index (κ1) is 17.8. The van der Waals surface area contributed by atoms with Crippen LogP contribution in [0, 0.1) is 5.92 Å². The summed E-state index contributed by atoms with van der Waals surface area (Å²) < 4.78 is 37.8. The maximum absolute atomic E-state index is 12.6. The molecule has 1 nitrogen and oxygen atoms in total. The van der Waals surface area contributed by atoms with Crippen LogP contribution in [0.3, 0.4) is 0 Å². The molecule has 4 heteroatoms. The normalized spacial score (nSPS) is 27.8. The topological polar surface area (TPSA) is 26.0 Å². The van der Waals surface area contributed by atoms with Crippen molar-refractivity contribution in [2.75, 3.05) is 0 Å². The Labute approximate surface area is 121 Å². The molecule has 1 aliphatic rings. The molecular formula is C16H30F3N. The van der Waals surface area contributed by atoms with Crippen LogP contribution in [0.1, 0.15) is 84.0 Å². The van der Waals surface area contributed by atoms with E-state index in [1.165, 1.54) is 38.5 Å². The molecule has 1 rings (SSSR count). The zero-order chi connectivity index (χ0) is 15.1. The molecule has 0 aromatic carbocycles. The molecule has 120 valence electrons. The lowest BCUT2D eigenvalue weighted by atomic mass is 9.74. The van der Waals surface area contributed by atoms with Crippen LogP contribution >= 0.6 is 0 Å². The smallest absolute Gasteiger partial charge is 0.325 e. The second-order valence-electron chi connectivity index (χ2n) is 6.55. The highest BCUT2D eigenvalue weighted by Crippen LogP contribution is 2.41. The molecular weight excluding hydrogens is 263 g/mol. The van der Waals surface area contributed by atoms with Crippen LogP contribution in [0.2, 0.25) is 0 Å². The van der Waals surface area contributed by atoms with Gasteiger partial charge in [-0.15, -0.1) is 0 Å². The Kier molecular flexibility index (Phi) is 7.35. The predicted octanol–water partition coefficient (Wildman–Crippen LogP) is 5.58. The molecule has 1 fully saturated rings. The Bertz CT molecular complexity index is 255. The van der Waals surface area contributed by atoms with Crippen molar-refractivity contribution >= 4 is 0 Å². The van der Waals surface area contributed by atoms with Crippen LogP contribution in [0.15, 0.2) is 0 Å². The van der Waals surface area contributed by atoms with Gasteiger partial charge >= 0.3 is 6.18 Å². The average molecular weight is 293 g/mol. The lowest BCUT2D eigenvalue weighted by molar-refractivity contribution is -0.184. The second kappa shape index (κ2) is 8.26. The molecule has 0 aromatic rings. The van der Waals surface area contributed by atoms with Crippen LogP contribution < -0.4 is 5.73 Å². The number of hydrogen-bond donors (Lipinski definition) is 1. The van der Waals surface area contributed by atoms with Crippen LogP contribution in [0.5, 0.6) is 0 Å². The summed E-state index contributed by atoms with van der Waals surface area (Å²) >= 11 is 0. The minimum Gasteiger partial charge on any atom is -0.325 e. The van der Waals surface area contributed by atoms with Crippen LogP contribution in [-0.4, -0.2) is 11.7 Å². The highest BCUT2D eigenvalue weighted by molar-refractivity contribution is 4.91. The minimum atomic E-state index is -4.03. The van der Waals surface area contributed by atoms with Crippen molar-refractivity contribution in [1.29, 1.82) is 0 Å². The van der Waals surface area contributed by atoms with Crippen molar-refractivity contribution in [1.82, 2.24) is 0 Å². The lowest BCUT2D eigenvalue weighted by Gasteiger charge is -2.38. The van der Waals surface area contributed by atoms with E-state index < -0.39 is 12.1 Å². The number of rotatable bonds is 8. The third-order valence-corrected chi connectivity index (χ3v) is 4.72. The maximum Gasteiger partial charge on any atom is 0.391 e. The monoisotopic (exact) mass is 293 g/mol. The van der Waals surface area contributed by atoms with E-state index in [2.05, 4.69) is 6.92 Å². The molecule has 1 saturated carbocycles. The average Bonchev–Trinajstić information content (AvgIpc) is 2.37. The molecule has 0 amide bonds. The number of halogens is 3. The molecule has 0 aliphatic heterocycles. The van der Waals surface area contributed by atoms with Gasteiger partial charge in [0.15, 0.2) is 0 Å². The van der Waals surface area contributed by atoms with Gasteiger partial charge in [-0.05, 0) is 32.1 Å². The van der Waals surface area contributed by atoms with Crippen molar-refractivity contribution in [3.63, 3.8) is 0 Å². The summed E-state index contributed by atoms with van der Waals surface area (Å²) in [4.78, 5) is 0. The highest BCUT2D eigenvalue weighted by atomic mass is 19.4. The van der Waals surface area contributed by atoms with Gasteiger partial charge in [-0.2, -0.15) is 13.2 Å². The summed E-state index contributed by atoms with van der Waals surface area (Å²) in [6.07, 6.45) is 7.00. The van der Waals surface area contributed by atoms with Crippen molar-refractivity contribution in [2.45, 2.75) is 95.7 Å². The van der Waals surface area contributed by atoms with Gasteiger partial charge in [0.05, 0.1) is 5.92 Å². The summed E-state index contributed by atoms with van der Waals surface area (Å²) in [6.45, 7) is 2.20. The van der Waals surface area contributed by atoms with Crippen molar-refractivity contribution < 1.29 is 13.2 Å². The Morgan fingerprint density at radius 1 is 0.950 bits per heavy atom. The summed E-state index contributed by atoms with van der Waals surface area (Å²) in [6, 6.07) is 0. The number of nitrogens with two attached hydrogens (primary N) is 1. The van der Waals surface area contributed by atoms with Gasteiger partial charge in [0.2, 0.25) is 0 Å². The van der Waals surface area contributed by atoms with Gasteiger partial charge in [-0.25, -0.2) is 0 Å². The number of unbranched alkanes of at least 4 members (excludes halogenated alkanes) is 6. The van der Waals surface area contributed by atoms with Gasteiger partial charge in [0.25, 0.3) is 0 Å². The van der Waals surface area contributed by atoms with E-state index in [9.17, 15) is 13.2 Å². The zero-order valence-electron chi connectivity index (χ0n) is 12.8. The molecule has 0 aromatic heterocycles. The standard InChI is InChI=1S/C16H30F3N/c1-2-3-4-5-6-7-8-11-15(20)12-9-14(10-13-15)16(17,18)19/h14H,2-13,20H2,1H3. The fraction of sp³-hybridized carbons (Fsp3) is 1.00. The van der Waals surface area contributed by atoms with Gasteiger partial charge in [0.1, 0.15) is 0 Å². The van der Waals surface area contributed by atoms with E-state index in [0.29, 0.717) is 12.8 Å². The molecule has 2 N–H and O–H groups in total. The van der Waals surface area contributed by atoms with Gasteiger partial charge in [-0.1, -0.05) is 51.9 Å². The molecule has 0 spiro atoms. The van der Waals surface area contributed by atoms with Crippen LogP contribution in [0.25, 0.3) is 0 Å². The summed E-state index contributed by atoms with van der Waals surface area (Å²) in [5, 5.41) is 0. The molecule has 0 saturated heterocycles. The highest BCUT2D eigenvalue weighted by Gasteiger charge is 2.44. The van der Waals surface area contributed by atoms with E-state index in [1.807, 2.05) is 0 Å². The molecule has 0 bridgehead atoms. The number of hydrogen-bond acceptors (Lipinski definition) is 1. The molecule has 0 unspecified atom stereocenters. The van der Waals surface area contributed by atoms with E-state index in [4.69, 9.17) is 5.73 Å². The maximum atomic E-state index is 12.6. The first-order valence-corrected chi connectivity index (χ1v) is 8.23. The molecule has 1 aliphatic carbocycles. The Morgan fingerprint density at radius 2 is 1.45 bits per heavy atom. The van der Waals surface area contributed by atoms with Crippen molar-refractivity contribution in [3.8, 4) is 0 Å². The van der Waals surface area contributed by atoms with E-state index >= 15 is 0 Å². The third kappa shape index (κ3) is 6.47. The first-order chi connectivity index (χ1) is 9.37. The van der Waals surface area contributed by atoms with E-state index in [0.717, 1.165) is 12.8 Å². The molecule has 0 heterocycles. The van der Waals surface area contributed by atoms with Crippen LogP contribution in [-0.2, 0) is 0 Å². The largest absolute Gasteiger partial charge is 0.391 e. The molecule has 0 radical (unpaired) electrons. The van der Waals surface area contributed by atoms with Gasteiger partial charge < -0.3 is 5.73 Å². The van der Waals surface area contributed by atoms with E-state index in [1.54, 1.807) is 0 Å².